The second kappa shape index (κ2) is 4.65. The summed E-state index contributed by atoms with van der Waals surface area (Å²) in [6, 6.07) is 1.92. The number of anilines is 1. The fraction of sp³-hybridized carbons (Fsp3) is 0.462. The molecule has 1 saturated carbocycles. The molecule has 2 N–H and O–H groups in total. The Kier molecular flexibility index (Phi) is 2.99. The first-order chi connectivity index (χ1) is 8.72. The second-order valence-corrected chi connectivity index (χ2v) is 5.84. The van der Waals surface area contributed by atoms with E-state index in [1.54, 1.807) is 11.3 Å². The van der Waals surface area contributed by atoms with Crippen molar-refractivity contribution in [1.29, 1.82) is 0 Å². The van der Waals surface area contributed by atoms with Gasteiger partial charge in [-0.1, -0.05) is 12.8 Å². The molecule has 0 aliphatic heterocycles. The van der Waals surface area contributed by atoms with E-state index in [4.69, 9.17) is 5.73 Å². The van der Waals surface area contributed by atoms with Gasteiger partial charge in [0.2, 0.25) is 0 Å². The summed E-state index contributed by atoms with van der Waals surface area (Å²) in [5.41, 5.74) is 7.82. The summed E-state index contributed by atoms with van der Waals surface area (Å²) in [4.78, 5) is 13.4. The van der Waals surface area contributed by atoms with Gasteiger partial charge in [0.05, 0.1) is 5.01 Å². The minimum atomic E-state index is 0.549. The summed E-state index contributed by atoms with van der Waals surface area (Å²) in [5, 5.41) is 3.01. The molecule has 3 rings (SSSR count). The number of hydrogen-bond acceptors (Lipinski definition) is 5. The second-order valence-electron chi connectivity index (χ2n) is 4.77. The Labute approximate surface area is 110 Å². The monoisotopic (exact) mass is 260 g/mol. The van der Waals surface area contributed by atoms with Crippen molar-refractivity contribution >= 4 is 17.2 Å². The lowest BCUT2D eigenvalue weighted by atomic mass is 10.0. The third kappa shape index (κ3) is 2.22. The van der Waals surface area contributed by atoms with Crippen LogP contribution in [0.1, 0.15) is 42.3 Å². The number of aromatic nitrogens is 3. The topological polar surface area (TPSA) is 64.7 Å². The Hall–Kier alpha value is -1.49. The average Bonchev–Trinajstić information content (AvgIpc) is 2.98. The molecule has 0 saturated heterocycles. The van der Waals surface area contributed by atoms with Gasteiger partial charge in [0.25, 0.3) is 0 Å². The summed E-state index contributed by atoms with van der Waals surface area (Å²) in [6.07, 6.45) is 5.01. The van der Waals surface area contributed by atoms with Crippen molar-refractivity contribution in [3.8, 4) is 11.5 Å². The minimum Gasteiger partial charge on any atom is -0.384 e. The molecule has 1 fully saturated rings. The highest BCUT2D eigenvalue weighted by Gasteiger charge is 2.20. The molecular formula is C13H16N4S. The molecule has 4 nitrogen and oxygen atoms in total. The molecule has 2 heterocycles. The summed E-state index contributed by atoms with van der Waals surface area (Å²) in [6.45, 7) is 1.98. The number of nitrogen functional groups attached to an aromatic ring is 1. The van der Waals surface area contributed by atoms with E-state index in [1.807, 2.05) is 18.4 Å². The number of thiazole rings is 1. The molecule has 0 spiro atoms. The molecule has 0 bridgehead atoms. The molecule has 94 valence electrons. The minimum absolute atomic E-state index is 0.549. The standard InChI is InChI=1S/C13H16N4S/c1-8-15-11(7-18-8)13-16-10(6-12(14)17-13)9-4-2-3-5-9/h6-7,9H,2-5H2,1H3,(H2,14,16,17). The van der Waals surface area contributed by atoms with Gasteiger partial charge in [0.15, 0.2) is 5.82 Å². The van der Waals surface area contributed by atoms with Crippen molar-refractivity contribution in [2.24, 2.45) is 0 Å². The molecule has 0 atom stereocenters. The van der Waals surface area contributed by atoms with Gasteiger partial charge in [-0.2, -0.15) is 0 Å². The highest BCUT2D eigenvalue weighted by atomic mass is 32.1. The van der Waals surface area contributed by atoms with E-state index in [0.717, 1.165) is 16.4 Å². The van der Waals surface area contributed by atoms with Crippen LogP contribution in [-0.4, -0.2) is 15.0 Å². The van der Waals surface area contributed by atoms with E-state index in [-0.39, 0.29) is 0 Å². The predicted molar refractivity (Wildman–Crippen MR) is 73.5 cm³/mol. The van der Waals surface area contributed by atoms with Crippen LogP contribution in [-0.2, 0) is 0 Å². The van der Waals surface area contributed by atoms with Crippen LogP contribution in [0.5, 0.6) is 0 Å². The molecule has 1 aliphatic rings. The SMILES string of the molecule is Cc1nc(-c2nc(N)cc(C3CCCC3)n2)cs1. The molecule has 2 aromatic rings. The third-order valence-electron chi connectivity index (χ3n) is 3.39. The van der Waals surface area contributed by atoms with E-state index in [1.165, 1.54) is 25.7 Å². The van der Waals surface area contributed by atoms with Gasteiger partial charge >= 0.3 is 0 Å². The van der Waals surface area contributed by atoms with Crippen molar-refractivity contribution < 1.29 is 0 Å². The molecule has 1 aliphatic carbocycles. The summed E-state index contributed by atoms with van der Waals surface area (Å²) in [7, 11) is 0. The zero-order valence-electron chi connectivity index (χ0n) is 10.4. The summed E-state index contributed by atoms with van der Waals surface area (Å²) in [5.74, 6) is 1.77. The van der Waals surface area contributed by atoms with Crippen LogP contribution in [0.4, 0.5) is 5.82 Å². The van der Waals surface area contributed by atoms with Crippen LogP contribution in [0, 0.1) is 6.92 Å². The smallest absolute Gasteiger partial charge is 0.181 e. The Balaban J connectivity index is 1.99. The van der Waals surface area contributed by atoms with Crippen molar-refractivity contribution in [3.63, 3.8) is 0 Å². The number of nitrogens with two attached hydrogens (primary N) is 1. The molecule has 0 radical (unpaired) electrons. The molecule has 0 unspecified atom stereocenters. The van der Waals surface area contributed by atoms with Crippen LogP contribution < -0.4 is 5.73 Å². The fourth-order valence-electron chi connectivity index (χ4n) is 2.50. The fourth-order valence-corrected chi connectivity index (χ4v) is 3.09. The van der Waals surface area contributed by atoms with E-state index in [0.29, 0.717) is 17.6 Å². The maximum atomic E-state index is 5.90. The maximum absolute atomic E-state index is 5.90. The van der Waals surface area contributed by atoms with Crippen molar-refractivity contribution in [2.45, 2.75) is 38.5 Å². The Morgan fingerprint density at radius 1 is 1.22 bits per heavy atom. The lowest BCUT2D eigenvalue weighted by Gasteiger charge is -2.10. The Bertz CT molecular complexity index is 558. The number of hydrogen-bond donors (Lipinski definition) is 1. The van der Waals surface area contributed by atoms with Crippen molar-refractivity contribution in [1.82, 2.24) is 15.0 Å². The van der Waals surface area contributed by atoms with Gasteiger partial charge < -0.3 is 5.73 Å². The van der Waals surface area contributed by atoms with Gasteiger partial charge in [-0.3, -0.25) is 0 Å². The van der Waals surface area contributed by atoms with E-state index >= 15 is 0 Å². The quantitative estimate of drug-likeness (QED) is 0.900. The zero-order valence-corrected chi connectivity index (χ0v) is 11.2. The first-order valence-electron chi connectivity index (χ1n) is 6.29. The van der Waals surface area contributed by atoms with Crippen LogP contribution in [0.15, 0.2) is 11.4 Å². The normalized spacial score (nSPS) is 16.3. The van der Waals surface area contributed by atoms with Gasteiger partial charge in [-0.15, -0.1) is 11.3 Å². The molecule has 2 aromatic heterocycles. The Morgan fingerprint density at radius 3 is 2.67 bits per heavy atom. The van der Waals surface area contributed by atoms with Gasteiger partial charge in [-0.25, -0.2) is 15.0 Å². The average molecular weight is 260 g/mol. The molecule has 0 aromatic carbocycles. The first kappa shape index (κ1) is 11.6. The van der Waals surface area contributed by atoms with E-state index < -0.39 is 0 Å². The predicted octanol–water partition coefficient (Wildman–Crippen LogP) is 3.15. The molecular weight excluding hydrogens is 244 g/mol. The van der Waals surface area contributed by atoms with Gasteiger partial charge in [-0.05, 0) is 19.8 Å². The maximum Gasteiger partial charge on any atom is 0.181 e. The van der Waals surface area contributed by atoms with Gasteiger partial charge in [0.1, 0.15) is 11.5 Å². The lowest BCUT2D eigenvalue weighted by Crippen LogP contribution is -2.03. The van der Waals surface area contributed by atoms with Crippen LogP contribution in [0.2, 0.25) is 0 Å². The molecule has 5 heteroatoms. The molecule has 18 heavy (non-hydrogen) atoms. The number of rotatable bonds is 2. The van der Waals surface area contributed by atoms with Crippen LogP contribution in [0.3, 0.4) is 0 Å². The Morgan fingerprint density at radius 2 is 2.00 bits per heavy atom. The van der Waals surface area contributed by atoms with Crippen molar-refractivity contribution in [3.05, 3.63) is 22.1 Å². The first-order valence-corrected chi connectivity index (χ1v) is 7.17. The molecule has 0 amide bonds. The highest BCUT2D eigenvalue weighted by Crippen LogP contribution is 2.34. The number of aryl methyl sites for hydroxylation is 1. The summed E-state index contributed by atoms with van der Waals surface area (Å²) < 4.78 is 0. The van der Waals surface area contributed by atoms with Gasteiger partial charge in [0, 0.05) is 23.1 Å². The largest absolute Gasteiger partial charge is 0.384 e. The lowest BCUT2D eigenvalue weighted by molar-refractivity contribution is 0.696. The van der Waals surface area contributed by atoms with Crippen LogP contribution >= 0.6 is 11.3 Å². The van der Waals surface area contributed by atoms with E-state index in [2.05, 4.69) is 15.0 Å². The number of nitrogens with zero attached hydrogens (tertiary/aromatic N) is 3. The van der Waals surface area contributed by atoms with E-state index in [9.17, 15) is 0 Å². The highest BCUT2D eigenvalue weighted by molar-refractivity contribution is 7.09. The van der Waals surface area contributed by atoms with Crippen molar-refractivity contribution in [2.75, 3.05) is 5.73 Å². The zero-order chi connectivity index (χ0) is 12.5. The van der Waals surface area contributed by atoms with Crippen LogP contribution in [0.25, 0.3) is 11.5 Å². The summed E-state index contributed by atoms with van der Waals surface area (Å²) >= 11 is 1.61. The third-order valence-corrected chi connectivity index (χ3v) is 4.16.